The molecule has 0 unspecified atom stereocenters. The standard InChI is InChI=1S/C17H14F2O3S/c1-22-9-14(17(20)21)13-4-2-3-5-16(13)23-10-11-8-12(18)6-7-15(11)19/h2-9H,10H2,1H3,(H,20,21)/b14-9+. The van der Waals surface area contributed by atoms with E-state index in [2.05, 4.69) is 0 Å². The average Bonchev–Trinajstić information content (AvgIpc) is 2.53. The van der Waals surface area contributed by atoms with Crippen molar-refractivity contribution in [2.75, 3.05) is 7.11 Å². The predicted octanol–water partition coefficient (Wildman–Crippen LogP) is 4.33. The highest BCUT2D eigenvalue weighted by Gasteiger charge is 2.15. The van der Waals surface area contributed by atoms with E-state index in [4.69, 9.17) is 4.74 Å². The van der Waals surface area contributed by atoms with Crippen LogP contribution >= 0.6 is 11.8 Å². The van der Waals surface area contributed by atoms with E-state index >= 15 is 0 Å². The topological polar surface area (TPSA) is 46.5 Å². The van der Waals surface area contributed by atoms with Gasteiger partial charge in [-0.1, -0.05) is 18.2 Å². The lowest BCUT2D eigenvalue weighted by Gasteiger charge is -2.10. The molecule has 2 aromatic rings. The number of methoxy groups -OCH3 is 1. The van der Waals surface area contributed by atoms with Gasteiger partial charge in [-0.05, 0) is 24.3 Å². The average molecular weight is 336 g/mol. The minimum absolute atomic E-state index is 0.00434. The normalized spacial score (nSPS) is 11.3. The summed E-state index contributed by atoms with van der Waals surface area (Å²) in [7, 11) is 1.36. The Balaban J connectivity index is 2.29. The van der Waals surface area contributed by atoms with Gasteiger partial charge in [0.1, 0.15) is 17.2 Å². The summed E-state index contributed by atoms with van der Waals surface area (Å²) >= 11 is 1.23. The van der Waals surface area contributed by atoms with Crippen molar-refractivity contribution >= 4 is 23.3 Å². The van der Waals surface area contributed by atoms with E-state index in [0.717, 1.165) is 24.5 Å². The molecule has 3 nitrogen and oxygen atoms in total. The number of carbonyl (C=O) groups is 1. The van der Waals surface area contributed by atoms with E-state index in [1.807, 2.05) is 0 Å². The first-order valence-electron chi connectivity index (χ1n) is 6.65. The van der Waals surface area contributed by atoms with Gasteiger partial charge in [0.15, 0.2) is 0 Å². The Bertz CT molecular complexity index is 744. The SMILES string of the molecule is CO/C=C(/C(=O)O)c1ccccc1SCc1cc(F)ccc1F. The van der Waals surface area contributed by atoms with Crippen LogP contribution in [0, 0.1) is 11.6 Å². The lowest BCUT2D eigenvalue weighted by atomic mass is 10.1. The second kappa shape index (κ2) is 7.78. The Morgan fingerprint density at radius 1 is 1.26 bits per heavy atom. The molecule has 0 aliphatic carbocycles. The fraction of sp³-hybridized carbons (Fsp3) is 0.118. The maximum Gasteiger partial charge on any atom is 0.339 e. The fourth-order valence-electron chi connectivity index (χ4n) is 1.97. The lowest BCUT2D eigenvalue weighted by molar-refractivity contribution is -0.130. The number of carboxylic acid groups (broad SMARTS) is 1. The van der Waals surface area contributed by atoms with E-state index in [9.17, 15) is 18.7 Å². The number of hydrogen-bond acceptors (Lipinski definition) is 3. The number of benzene rings is 2. The summed E-state index contributed by atoms with van der Waals surface area (Å²) < 4.78 is 31.7. The summed E-state index contributed by atoms with van der Waals surface area (Å²) in [5.41, 5.74) is 0.677. The summed E-state index contributed by atoms with van der Waals surface area (Å²) in [5, 5.41) is 9.28. The van der Waals surface area contributed by atoms with Crippen LogP contribution in [0.2, 0.25) is 0 Å². The molecule has 0 bridgehead atoms. The summed E-state index contributed by atoms with van der Waals surface area (Å²) in [6, 6.07) is 10.1. The number of rotatable bonds is 6. The van der Waals surface area contributed by atoms with Gasteiger partial charge in [0.2, 0.25) is 0 Å². The van der Waals surface area contributed by atoms with Crippen LogP contribution in [0.25, 0.3) is 5.57 Å². The highest BCUT2D eigenvalue weighted by atomic mass is 32.2. The molecule has 0 fully saturated rings. The third-order valence-electron chi connectivity index (χ3n) is 3.03. The van der Waals surface area contributed by atoms with Gasteiger partial charge in [-0.25, -0.2) is 13.6 Å². The second-order valence-corrected chi connectivity index (χ2v) is 5.61. The Kier molecular flexibility index (Phi) is 5.76. The second-order valence-electron chi connectivity index (χ2n) is 4.59. The van der Waals surface area contributed by atoms with Gasteiger partial charge in [0.25, 0.3) is 0 Å². The maximum atomic E-state index is 13.7. The monoisotopic (exact) mass is 336 g/mol. The first-order valence-corrected chi connectivity index (χ1v) is 7.64. The van der Waals surface area contributed by atoms with E-state index in [0.29, 0.717) is 10.5 Å². The van der Waals surface area contributed by atoms with Crippen molar-refractivity contribution in [3.8, 4) is 0 Å². The van der Waals surface area contributed by atoms with E-state index in [-0.39, 0.29) is 16.9 Å². The van der Waals surface area contributed by atoms with Gasteiger partial charge >= 0.3 is 5.97 Å². The molecule has 0 saturated heterocycles. The summed E-state index contributed by atoms with van der Waals surface area (Å²) in [4.78, 5) is 12.0. The molecule has 0 aromatic heterocycles. The Labute approximate surface area is 136 Å². The molecule has 0 amide bonds. The summed E-state index contributed by atoms with van der Waals surface area (Å²) in [6.07, 6.45) is 1.14. The molecule has 1 N–H and O–H groups in total. The summed E-state index contributed by atoms with van der Waals surface area (Å²) in [5.74, 6) is -1.96. The molecule has 120 valence electrons. The first-order chi connectivity index (χ1) is 11.0. The molecule has 0 aliphatic rings. The number of thioether (sulfide) groups is 1. The van der Waals surface area contributed by atoms with Crippen LogP contribution in [0.1, 0.15) is 11.1 Å². The van der Waals surface area contributed by atoms with Crippen molar-refractivity contribution in [3.05, 3.63) is 71.5 Å². The highest BCUT2D eigenvalue weighted by molar-refractivity contribution is 7.98. The largest absolute Gasteiger partial charge is 0.503 e. The van der Waals surface area contributed by atoms with Crippen LogP contribution in [-0.4, -0.2) is 18.2 Å². The van der Waals surface area contributed by atoms with Gasteiger partial charge in [-0.2, -0.15) is 0 Å². The number of halogens is 2. The molecular weight excluding hydrogens is 322 g/mol. The molecule has 6 heteroatoms. The van der Waals surface area contributed by atoms with Crippen LogP contribution < -0.4 is 0 Å². The Morgan fingerprint density at radius 2 is 2.00 bits per heavy atom. The van der Waals surface area contributed by atoms with Gasteiger partial charge in [0.05, 0.1) is 13.4 Å². The van der Waals surface area contributed by atoms with Crippen LogP contribution in [0.4, 0.5) is 8.78 Å². The van der Waals surface area contributed by atoms with Crippen LogP contribution in [-0.2, 0) is 15.3 Å². The summed E-state index contributed by atoms with van der Waals surface area (Å²) in [6.45, 7) is 0. The minimum Gasteiger partial charge on any atom is -0.503 e. The van der Waals surface area contributed by atoms with E-state index in [1.54, 1.807) is 24.3 Å². The van der Waals surface area contributed by atoms with Crippen molar-refractivity contribution < 1.29 is 23.4 Å². The molecule has 2 rings (SSSR count). The highest BCUT2D eigenvalue weighted by Crippen LogP contribution is 2.31. The zero-order chi connectivity index (χ0) is 16.8. The number of carboxylic acids is 1. The first kappa shape index (κ1) is 17.0. The van der Waals surface area contributed by atoms with Crippen molar-refractivity contribution in [1.29, 1.82) is 0 Å². The van der Waals surface area contributed by atoms with Gasteiger partial charge in [-0.15, -0.1) is 11.8 Å². The molecule has 0 saturated carbocycles. The van der Waals surface area contributed by atoms with Crippen LogP contribution in [0.15, 0.2) is 53.6 Å². The van der Waals surface area contributed by atoms with Gasteiger partial charge in [-0.3, -0.25) is 0 Å². The Morgan fingerprint density at radius 3 is 2.70 bits per heavy atom. The molecule has 0 spiro atoms. The van der Waals surface area contributed by atoms with Crippen molar-refractivity contribution in [2.45, 2.75) is 10.6 Å². The molecule has 23 heavy (non-hydrogen) atoms. The third-order valence-corrected chi connectivity index (χ3v) is 4.16. The smallest absolute Gasteiger partial charge is 0.339 e. The van der Waals surface area contributed by atoms with Gasteiger partial charge < -0.3 is 9.84 Å². The molecule has 0 heterocycles. The third kappa shape index (κ3) is 4.32. The van der Waals surface area contributed by atoms with Crippen molar-refractivity contribution in [3.63, 3.8) is 0 Å². The van der Waals surface area contributed by atoms with Gasteiger partial charge in [0, 0.05) is 21.8 Å². The number of ether oxygens (including phenoxy) is 1. The van der Waals surface area contributed by atoms with E-state index in [1.165, 1.54) is 18.9 Å². The minimum atomic E-state index is -1.13. The van der Waals surface area contributed by atoms with E-state index < -0.39 is 17.6 Å². The number of hydrogen-bond donors (Lipinski definition) is 1. The Hall–Kier alpha value is -2.34. The maximum absolute atomic E-state index is 13.7. The fourth-order valence-corrected chi connectivity index (χ4v) is 3.01. The molecule has 0 radical (unpaired) electrons. The zero-order valence-electron chi connectivity index (χ0n) is 12.3. The quantitative estimate of drug-likeness (QED) is 0.484. The molecule has 2 aromatic carbocycles. The molecule has 0 atom stereocenters. The predicted molar refractivity (Wildman–Crippen MR) is 85.0 cm³/mol. The van der Waals surface area contributed by atoms with Crippen molar-refractivity contribution in [1.82, 2.24) is 0 Å². The lowest BCUT2D eigenvalue weighted by Crippen LogP contribution is -2.02. The van der Waals surface area contributed by atoms with Crippen LogP contribution in [0.5, 0.6) is 0 Å². The molecular formula is C17H14F2O3S. The van der Waals surface area contributed by atoms with Crippen LogP contribution in [0.3, 0.4) is 0 Å². The number of aliphatic carboxylic acids is 1. The zero-order valence-corrected chi connectivity index (χ0v) is 13.1. The van der Waals surface area contributed by atoms with Crippen molar-refractivity contribution in [2.24, 2.45) is 0 Å². The molecule has 0 aliphatic heterocycles.